The van der Waals surface area contributed by atoms with Gasteiger partial charge in [-0.05, 0) is 25.3 Å². The maximum atomic E-state index is 13.8. The third-order valence-electron chi connectivity index (χ3n) is 5.16. The molecule has 5 nitrogen and oxygen atoms in total. The smallest absolute Gasteiger partial charge is 0.225 e. The predicted octanol–water partition coefficient (Wildman–Crippen LogP) is 1.68. The van der Waals surface area contributed by atoms with Crippen LogP contribution in [0.25, 0.3) is 0 Å². The van der Waals surface area contributed by atoms with Crippen LogP contribution in [0, 0.1) is 11.7 Å². The van der Waals surface area contributed by atoms with Gasteiger partial charge in [0.05, 0.1) is 11.5 Å². The second-order valence-electron chi connectivity index (χ2n) is 6.97. The number of hydrogen-bond acceptors (Lipinski definition) is 4. The zero-order chi connectivity index (χ0) is 17.9. The van der Waals surface area contributed by atoms with Gasteiger partial charge in [-0.2, -0.15) is 0 Å². The van der Waals surface area contributed by atoms with Gasteiger partial charge in [0.15, 0.2) is 0 Å². The summed E-state index contributed by atoms with van der Waals surface area (Å²) in [6, 6.07) is 6.79. The van der Waals surface area contributed by atoms with E-state index in [1.807, 2.05) is 11.0 Å². The first-order valence-electron chi connectivity index (χ1n) is 8.89. The van der Waals surface area contributed by atoms with E-state index in [-0.39, 0.29) is 29.1 Å². The van der Waals surface area contributed by atoms with Crippen LogP contribution >= 0.6 is 0 Å². The molecule has 138 valence electrons. The lowest BCUT2D eigenvalue weighted by molar-refractivity contribution is -0.135. The largest absolute Gasteiger partial charge is 0.341 e. The molecule has 2 fully saturated rings. The number of carbonyl (C=O) groups is 1. The van der Waals surface area contributed by atoms with Gasteiger partial charge in [-0.15, -0.1) is 0 Å². The van der Waals surface area contributed by atoms with E-state index >= 15 is 0 Å². The van der Waals surface area contributed by atoms with Crippen molar-refractivity contribution in [3.63, 3.8) is 0 Å². The predicted molar refractivity (Wildman–Crippen MR) is 94.3 cm³/mol. The fourth-order valence-electron chi connectivity index (χ4n) is 3.61. The molecule has 0 radical (unpaired) electrons. The van der Waals surface area contributed by atoms with Crippen LogP contribution < -0.4 is 0 Å². The van der Waals surface area contributed by atoms with E-state index in [1.165, 1.54) is 6.07 Å². The molecule has 0 saturated carbocycles. The Kier molecular flexibility index (Phi) is 5.74. The van der Waals surface area contributed by atoms with E-state index in [2.05, 4.69) is 4.90 Å². The van der Waals surface area contributed by atoms with Gasteiger partial charge in [0, 0.05) is 44.2 Å². The normalized spacial score (nSPS) is 22.5. The number of rotatable bonds is 3. The first-order valence-corrected chi connectivity index (χ1v) is 10.7. The van der Waals surface area contributed by atoms with Gasteiger partial charge in [-0.25, -0.2) is 12.8 Å². The summed E-state index contributed by atoms with van der Waals surface area (Å²) in [6.07, 6.45) is 1.73. The summed E-state index contributed by atoms with van der Waals surface area (Å²) in [5.74, 6) is -0.0276. The molecule has 1 aromatic carbocycles. The second-order valence-corrected chi connectivity index (χ2v) is 9.28. The molecule has 0 bridgehead atoms. The summed E-state index contributed by atoms with van der Waals surface area (Å²) >= 11 is 0. The van der Waals surface area contributed by atoms with Crippen molar-refractivity contribution in [2.45, 2.75) is 25.8 Å². The highest BCUT2D eigenvalue weighted by Gasteiger charge is 2.31. The molecule has 0 aromatic heterocycles. The average molecular weight is 368 g/mol. The van der Waals surface area contributed by atoms with Crippen LogP contribution in [0.5, 0.6) is 0 Å². The SMILES string of the molecule is O=C(C1CCS(=O)(=O)CC1)N1CCCN(Cc2ccccc2F)CC1. The van der Waals surface area contributed by atoms with Gasteiger partial charge in [0.2, 0.25) is 5.91 Å². The molecule has 7 heteroatoms. The highest BCUT2D eigenvalue weighted by Crippen LogP contribution is 2.22. The molecule has 25 heavy (non-hydrogen) atoms. The monoisotopic (exact) mass is 368 g/mol. The van der Waals surface area contributed by atoms with Crippen LogP contribution in [-0.4, -0.2) is 61.8 Å². The minimum Gasteiger partial charge on any atom is -0.341 e. The standard InChI is InChI=1S/C18H25FN2O3S/c19-17-5-2-1-4-16(17)14-20-8-3-9-21(11-10-20)18(22)15-6-12-25(23,24)13-7-15/h1-2,4-5,15H,3,6-14H2. The Bertz CT molecular complexity index is 709. The van der Waals surface area contributed by atoms with Gasteiger partial charge in [-0.3, -0.25) is 9.69 Å². The molecular weight excluding hydrogens is 343 g/mol. The zero-order valence-corrected chi connectivity index (χ0v) is 15.2. The van der Waals surface area contributed by atoms with E-state index in [9.17, 15) is 17.6 Å². The summed E-state index contributed by atoms with van der Waals surface area (Å²) in [7, 11) is -2.95. The topological polar surface area (TPSA) is 57.7 Å². The Hall–Kier alpha value is -1.47. The van der Waals surface area contributed by atoms with Crippen molar-refractivity contribution >= 4 is 15.7 Å². The van der Waals surface area contributed by atoms with Crippen LogP contribution in [0.4, 0.5) is 4.39 Å². The van der Waals surface area contributed by atoms with Gasteiger partial charge in [0.25, 0.3) is 0 Å². The van der Waals surface area contributed by atoms with Crippen LogP contribution in [0.2, 0.25) is 0 Å². The molecule has 2 saturated heterocycles. The molecule has 1 amide bonds. The first kappa shape index (κ1) is 18.3. The number of halogens is 1. The lowest BCUT2D eigenvalue weighted by Gasteiger charge is -2.28. The number of hydrogen-bond donors (Lipinski definition) is 0. The molecule has 0 atom stereocenters. The maximum Gasteiger partial charge on any atom is 0.225 e. The highest BCUT2D eigenvalue weighted by molar-refractivity contribution is 7.91. The Morgan fingerprint density at radius 3 is 2.52 bits per heavy atom. The minimum absolute atomic E-state index is 0.0858. The number of sulfone groups is 1. The molecule has 0 unspecified atom stereocenters. The van der Waals surface area contributed by atoms with Crippen molar-refractivity contribution in [1.29, 1.82) is 0 Å². The molecular formula is C18H25FN2O3S. The average Bonchev–Trinajstić information content (AvgIpc) is 2.82. The molecule has 2 heterocycles. The molecule has 0 N–H and O–H groups in total. The van der Waals surface area contributed by atoms with Gasteiger partial charge in [-0.1, -0.05) is 18.2 Å². The van der Waals surface area contributed by atoms with Crippen LogP contribution in [0.1, 0.15) is 24.8 Å². The Balaban J connectivity index is 1.54. The van der Waals surface area contributed by atoms with E-state index < -0.39 is 9.84 Å². The third kappa shape index (κ3) is 4.79. The first-order chi connectivity index (χ1) is 11.9. The van der Waals surface area contributed by atoms with Crippen molar-refractivity contribution < 1.29 is 17.6 Å². The quantitative estimate of drug-likeness (QED) is 0.815. The van der Waals surface area contributed by atoms with Crippen molar-refractivity contribution in [2.24, 2.45) is 5.92 Å². The maximum absolute atomic E-state index is 13.8. The van der Waals surface area contributed by atoms with E-state index in [4.69, 9.17) is 0 Å². The lowest BCUT2D eigenvalue weighted by Crippen LogP contribution is -2.41. The molecule has 2 aliphatic rings. The molecule has 2 aliphatic heterocycles. The zero-order valence-electron chi connectivity index (χ0n) is 14.4. The third-order valence-corrected chi connectivity index (χ3v) is 6.87. The van der Waals surface area contributed by atoms with Crippen molar-refractivity contribution in [1.82, 2.24) is 9.80 Å². The molecule has 0 aliphatic carbocycles. The summed E-state index contributed by atoms with van der Waals surface area (Å²) in [5.41, 5.74) is 0.680. The Morgan fingerprint density at radius 1 is 1.08 bits per heavy atom. The van der Waals surface area contributed by atoms with Crippen molar-refractivity contribution in [2.75, 3.05) is 37.7 Å². The van der Waals surface area contributed by atoms with Crippen molar-refractivity contribution in [3.05, 3.63) is 35.6 Å². The molecule has 0 spiro atoms. The Labute approximate surface area is 148 Å². The summed E-state index contributed by atoms with van der Waals surface area (Å²) < 4.78 is 36.9. The van der Waals surface area contributed by atoms with E-state index in [1.54, 1.807) is 12.1 Å². The summed E-state index contributed by atoms with van der Waals surface area (Å²) in [6.45, 7) is 3.41. The van der Waals surface area contributed by atoms with Crippen LogP contribution in [-0.2, 0) is 21.2 Å². The van der Waals surface area contributed by atoms with Crippen LogP contribution in [0.3, 0.4) is 0 Å². The lowest BCUT2D eigenvalue weighted by atomic mass is 10.0. The van der Waals surface area contributed by atoms with Crippen molar-refractivity contribution in [3.8, 4) is 0 Å². The number of benzene rings is 1. The Morgan fingerprint density at radius 2 is 1.80 bits per heavy atom. The second kappa shape index (κ2) is 7.83. The highest BCUT2D eigenvalue weighted by atomic mass is 32.2. The molecule has 3 rings (SSSR count). The number of amides is 1. The minimum atomic E-state index is -2.95. The number of nitrogens with zero attached hydrogens (tertiary/aromatic N) is 2. The van der Waals surface area contributed by atoms with Gasteiger partial charge < -0.3 is 4.90 Å². The van der Waals surface area contributed by atoms with E-state index in [0.29, 0.717) is 44.6 Å². The summed E-state index contributed by atoms with van der Waals surface area (Å²) in [5, 5.41) is 0. The molecule has 1 aromatic rings. The summed E-state index contributed by atoms with van der Waals surface area (Å²) in [4.78, 5) is 16.7. The fourth-order valence-corrected chi connectivity index (χ4v) is 5.10. The van der Waals surface area contributed by atoms with Gasteiger partial charge in [0.1, 0.15) is 15.7 Å². The number of carbonyl (C=O) groups excluding carboxylic acids is 1. The van der Waals surface area contributed by atoms with Crippen LogP contribution in [0.15, 0.2) is 24.3 Å². The van der Waals surface area contributed by atoms with Gasteiger partial charge >= 0.3 is 0 Å². The van der Waals surface area contributed by atoms with E-state index in [0.717, 1.165) is 13.0 Å². The fraction of sp³-hybridized carbons (Fsp3) is 0.611.